The van der Waals surface area contributed by atoms with Gasteiger partial charge in [-0.15, -0.1) is 0 Å². The van der Waals surface area contributed by atoms with Gasteiger partial charge in [-0.2, -0.15) is 5.10 Å². The summed E-state index contributed by atoms with van der Waals surface area (Å²) in [6.07, 6.45) is 0.951. The molecule has 2 N–H and O–H groups in total. The molecule has 0 aliphatic rings. The first-order valence-corrected chi connectivity index (χ1v) is 9.00. The monoisotopic (exact) mass is 349 g/mol. The fraction of sp³-hybridized carbons (Fsp3) is 0.333. The first kappa shape index (κ1) is 18.0. The van der Waals surface area contributed by atoms with E-state index in [1.165, 1.54) is 27.6 Å². The number of nitrogens with zero attached hydrogens (tertiary/aromatic N) is 3. The lowest BCUT2D eigenvalue weighted by Gasteiger charge is -2.13. The Bertz CT molecular complexity index is 918. The SMILES string of the molecule is CN=C(NCCc1cccc2ccccc12)NCc1c(C)nn(C)c1C. The third-order valence-corrected chi connectivity index (χ3v) is 4.88. The van der Waals surface area contributed by atoms with Gasteiger partial charge in [0.05, 0.1) is 5.69 Å². The fourth-order valence-electron chi connectivity index (χ4n) is 3.29. The van der Waals surface area contributed by atoms with E-state index >= 15 is 0 Å². The normalized spacial score (nSPS) is 11.8. The predicted octanol–water partition coefficient (Wildman–Crippen LogP) is 3.10. The molecule has 0 aliphatic carbocycles. The van der Waals surface area contributed by atoms with Crippen LogP contribution in [0.2, 0.25) is 0 Å². The largest absolute Gasteiger partial charge is 0.356 e. The van der Waals surface area contributed by atoms with Gasteiger partial charge in [0.15, 0.2) is 5.96 Å². The number of guanidine groups is 1. The number of fused-ring (bicyclic) bond motifs is 1. The summed E-state index contributed by atoms with van der Waals surface area (Å²) < 4.78 is 1.92. The molecule has 1 heterocycles. The van der Waals surface area contributed by atoms with Crippen molar-refractivity contribution in [3.63, 3.8) is 0 Å². The van der Waals surface area contributed by atoms with Crippen LogP contribution >= 0.6 is 0 Å². The highest BCUT2D eigenvalue weighted by Crippen LogP contribution is 2.18. The molecule has 26 heavy (non-hydrogen) atoms. The van der Waals surface area contributed by atoms with Gasteiger partial charge in [-0.05, 0) is 36.6 Å². The highest BCUT2D eigenvalue weighted by molar-refractivity contribution is 5.85. The zero-order valence-corrected chi connectivity index (χ0v) is 16.0. The highest BCUT2D eigenvalue weighted by atomic mass is 15.3. The number of benzene rings is 2. The van der Waals surface area contributed by atoms with Crippen LogP contribution in [-0.4, -0.2) is 29.3 Å². The molecule has 3 rings (SSSR count). The molecule has 0 unspecified atom stereocenters. The Labute approximate surface area is 155 Å². The minimum absolute atomic E-state index is 0.722. The van der Waals surface area contributed by atoms with Crippen molar-refractivity contribution in [2.24, 2.45) is 12.0 Å². The molecule has 5 heteroatoms. The number of aryl methyl sites for hydroxylation is 2. The molecule has 0 bridgehead atoms. The van der Waals surface area contributed by atoms with Gasteiger partial charge in [-0.3, -0.25) is 9.67 Å². The van der Waals surface area contributed by atoms with Gasteiger partial charge in [0, 0.05) is 38.4 Å². The van der Waals surface area contributed by atoms with Gasteiger partial charge in [-0.1, -0.05) is 42.5 Å². The maximum absolute atomic E-state index is 4.46. The second-order valence-electron chi connectivity index (χ2n) is 6.51. The average Bonchev–Trinajstić information content (AvgIpc) is 2.90. The van der Waals surface area contributed by atoms with Crippen LogP contribution in [0.1, 0.15) is 22.5 Å². The van der Waals surface area contributed by atoms with E-state index in [-0.39, 0.29) is 0 Å². The van der Waals surface area contributed by atoms with Crippen LogP contribution in [0.5, 0.6) is 0 Å². The van der Waals surface area contributed by atoms with E-state index in [2.05, 4.69) is 70.1 Å². The van der Waals surface area contributed by atoms with Crippen LogP contribution in [0, 0.1) is 13.8 Å². The van der Waals surface area contributed by atoms with Gasteiger partial charge in [0.2, 0.25) is 0 Å². The second-order valence-corrected chi connectivity index (χ2v) is 6.51. The number of nitrogens with one attached hydrogen (secondary N) is 2. The molecule has 0 saturated carbocycles. The fourth-order valence-corrected chi connectivity index (χ4v) is 3.29. The summed E-state index contributed by atoms with van der Waals surface area (Å²) in [5, 5.41) is 13.9. The number of aromatic nitrogens is 2. The first-order valence-electron chi connectivity index (χ1n) is 9.00. The smallest absolute Gasteiger partial charge is 0.191 e. The Hall–Kier alpha value is -2.82. The van der Waals surface area contributed by atoms with Crippen molar-refractivity contribution in [3.05, 3.63) is 65.0 Å². The van der Waals surface area contributed by atoms with Crippen molar-refractivity contribution in [2.75, 3.05) is 13.6 Å². The maximum atomic E-state index is 4.46. The van der Waals surface area contributed by atoms with Crippen molar-refractivity contribution in [3.8, 4) is 0 Å². The number of aliphatic imine (C=N–C) groups is 1. The van der Waals surface area contributed by atoms with E-state index in [9.17, 15) is 0 Å². The molecule has 2 aromatic carbocycles. The zero-order valence-electron chi connectivity index (χ0n) is 16.0. The predicted molar refractivity (Wildman–Crippen MR) is 109 cm³/mol. The van der Waals surface area contributed by atoms with Crippen molar-refractivity contribution in [1.29, 1.82) is 0 Å². The molecule has 1 aromatic heterocycles. The number of hydrogen-bond acceptors (Lipinski definition) is 2. The van der Waals surface area contributed by atoms with Gasteiger partial charge in [-0.25, -0.2) is 0 Å². The molecule has 0 fully saturated rings. The summed E-state index contributed by atoms with van der Waals surface area (Å²) in [4.78, 5) is 4.33. The van der Waals surface area contributed by atoms with Crippen LogP contribution in [0.25, 0.3) is 10.8 Å². The summed E-state index contributed by atoms with van der Waals surface area (Å²) in [6, 6.07) is 15.0. The van der Waals surface area contributed by atoms with Crippen molar-refractivity contribution in [2.45, 2.75) is 26.8 Å². The Kier molecular flexibility index (Phi) is 5.56. The quantitative estimate of drug-likeness (QED) is 0.550. The average molecular weight is 349 g/mol. The Morgan fingerprint density at radius 2 is 1.85 bits per heavy atom. The number of rotatable bonds is 5. The van der Waals surface area contributed by atoms with E-state index in [0.717, 1.165) is 31.2 Å². The molecule has 5 nitrogen and oxygen atoms in total. The summed E-state index contributed by atoms with van der Waals surface area (Å²) in [5.41, 5.74) is 4.82. The Morgan fingerprint density at radius 1 is 1.08 bits per heavy atom. The van der Waals surface area contributed by atoms with E-state index < -0.39 is 0 Å². The highest BCUT2D eigenvalue weighted by Gasteiger charge is 2.09. The molecule has 0 atom stereocenters. The first-order chi connectivity index (χ1) is 12.6. The third kappa shape index (κ3) is 3.87. The zero-order chi connectivity index (χ0) is 18.5. The van der Waals surface area contributed by atoms with Gasteiger partial charge in [0.1, 0.15) is 0 Å². The van der Waals surface area contributed by atoms with E-state index in [1.807, 2.05) is 18.7 Å². The lowest BCUT2D eigenvalue weighted by molar-refractivity contribution is 0.728. The lowest BCUT2D eigenvalue weighted by Crippen LogP contribution is -2.38. The van der Waals surface area contributed by atoms with Crippen LogP contribution in [0.4, 0.5) is 0 Å². The summed E-state index contributed by atoms with van der Waals surface area (Å²) in [7, 11) is 3.78. The van der Waals surface area contributed by atoms with Crippen LogP contribution in [0.15, 0.2) is 47.5 Å². The van der Waals surface area contributed by atoms with E-state index in [1.54, 1.807) is 7.05 Å². The topological polar surface area (TPSA) is 54.2 Å². The second kappa shape index (κ2) is 8.04. The van der Waals surface area contributed by atoms with Gasteiger partial charge < -0.3 is 10.6 Å². The van der Waals surface area contributed by atoms with E-state index in [4.69, 9.17) is 0 Å². The maximum Gasteiger partial charge on any atom is 0.191 e. The minimum atomic E-state index is 0.722. The Balaban J connectivity index is 1.57. The molecule has 0 saturated heterocycles. The summed E-state index contributed by atoms with van der Waals surface area (Å²) in [5.74, 6) is 0.813. The van der Waals surface area contributed by atoms with Crippen molar-refractivity contribution < 1.29 is 0 Å². The van der Waals surface area contributed by atoms with Crippen LogP contribution < -0.4 is 10.6 Å². The molecular formula is C21H27N5. The molecule has 0 amide bonds. The molecule has 3 aromatic rings. The number of hydrogen-bond donors (Lipinski definition) is 2. The van der Waals surface area contributed by atoms with Crippen molar-refractivity contribution in [1.82, 2.24) is 20.4 Å². The van der Waals surface area contributed by atoms with Crippen molar-refractivity contribution >= 4 is 16.7 Å². The molecule has 136 valence electrons. The van der Waals surface area contributed by atoms with Gasteiger partial charge >= 0.3 is 0 Å². The molecular weight excluding hydrogens is 322 g/mol. The minimum Gasteiger partial charge on any atom is -0.356 e. The summed E-state index contributed by atoms with van der Waals surface area (Å²) >= 11 is 0. The van der Waals surface area contributed by atoms with Crippen LogP contribution in [0.3, 0.4) is 0 Å². The summed E-state index contributed by atoms with van der Waals surface area (Å²) in [6.45, 7) is 5.69. The van der Waals surface area contributed by atoms with Gasteiger partial charge in [0.25, 0.3) is 0 Å². The third-order valence-electron chi connectivity index (χ3n) is 4.88. The molecule has 0 aliphatic heterocycles. The lowest BCUT2D eigenvalue weighted by atomic mass is 10.0. The molecule has 0 radical (unpaired) electrons. The Morgan fingerprint density at radius 3 is 2.58 bits per heavy atom. The van der Waals surface area contributed by atoms with E-state index in [0.29, 0.717) is 0 Å². The standard InChI is InChI=1S/C21H27N5/c1-15-20(16(2)26(4)25-15)14-24-21(22-3)23-13-12-18-10-7-9-17-8-5-6-11-19(17)18/h5-11H,12-14H2,1-4H3,(H2,22,23,24). The van der Waals surface area contributed by atoms with Crippen LogP contribution in [-0.2, 0) is 20.0 Å². The molecule has 0 spiro atoms.